The molecule has 1 saturated heterocycles. The summed E-state index contributed by atoms with van der Waals surface area (Å²) in [5, 5.41) is 0. The van der Waals surface area contributed by atoms with Crippen LogP contribution in [-0.2, 0) is 0 Å². The molecule has 0 aromatic carbocycles. The summed E-state index contributed by atoms with van der Waals surface area (Å²) >= 11 is 0. The molecule has 3 nitrogen and oxygen atoms in total. The van der Waals surface area contributed by atoms with Crippen LogP contribution < -0.4 is 5.73 Å². The molecule has 0 aromatic rings. The molecule has 0 amide bonds. The van der Waals surface area contributed by atoms with Gasteiger partial charge in [-0.3, -0.25) is 4.90 Å². The van der Waals surface area contributed by atoms with Crippen molar-refractivity contribution in [3.63, 3.8) is 0 Å². The fourth-order valence-corrected chi connectivity index (χ4v) is 1.80. The number of nitrogens with two attached hydrogens (primary N) is 1. The van der Waals surface area contributed by atoms with Gasteiger partial charge in [0, 0.05) is 12.6 Å². The van der Waals surface area contributed by atoms with Crippen molar-refractivity contribution in [1.82, 2.24) is 9.80 Å². The molecule has 13 heavy (non-hydrogen) atoms. The van der Waals surface area contributed by atoms with Crippen LogP contribution in [0.3, 0.4) is 0 Å². The Morgan fingerprint density at radius 1 is 1.46 bits per heavy atom. The highest BCUT2D eigenvalue weighted by molar-refractivity contribution is 5.04. The molecule has 1 aliphatic heterocycles. The fraction of sp³-hybridized carbons (Fsp3) is 0.800. The van der Waals surface area contributed by atoms with Gasteiger partial charge >= 0.3 is 0 Å². The van der Waals surface area contributed by atoms with Crippen LogP contribution in [0.25, 0.3) is 0 Å². The first-order valence-corrected chi connectivity index (χ1v) is 4.75. The monoisotopic (exact) mass is 181 g/mol. The van der Waals surface area contributed by atoms with Crippen LogP contribution in [0.5, 0.6) is 0 Å². The summed E-state index contributed by atoms with van der Waals surface area (Å²) in [4.78, 5) is 4.57. The molecule has 0 radical (unpaired) electrons. The Kier molecular flexibility index (Phi) is 3.73. The third kappa shape index (κ3) is 2.70. The molecular formula is C10H19N3. The molecule has 0 bridgehead atoms. The second-order valence-corrected chi connectivity index (χ2v) is 3.86. The van der Waals surface area contributed by atoms with Crippen LogP contribution in [0, 0.1) is 12.3 Å². The van der Waals surface area contributed by atoms with Crippen molar-refractivity contribution in [2.45, 2.75) is 18.5 Å². The van der Waals surface area contributed by atoms with Crippen LogP contribution in [-0.4, -0.2) is 55.6 Å². The SMILES string of the molecule is C#CC(N)C1CN(C)CCCN1C. The van der Waals surface area contributed by atoms with Gasteiger partial charge in [0.1, 0.15) is 0 Å². The third-order valence-electron chi connectivity index (χ3n) is 2.72. The summed E-state index contributed by atoms with van der Waals surface area (Å²) in [6.07, 6.45) is 6.54. The van der Waals surface area contributed by atoms with Crippen molar-refractivity contribution < 1.29 is 0 Å². The van der Waals surface area contributed by atoms with Gasteiger partial charge in [-0.05, 0) is 33.6 Å². The maximum atomic E-state index is 5.87. The number of likely N-dealkylation sites (N-methyl/N-ethyl adjacent to an activating group) is 2. The molecule has 2 unspecified atom stereocenters. The quantitative estimate of drug-likeness (QED) is 0.558. The van der Waals surface area contributed by atoms with E-state index in [1.807, 2.05) is 0 Å². The van der Waals surface area contributed by atoms with Gasteiger partial charge in [0.05, 0.1) is 6.04 Å². The van der Waals surface area contributed by atoms with Gasteiger partial charge in [-0.2, -0.15) is 0 Å². The number of hydrogen-bond donors (Lipinski definition) is 1. The number of hydrogen-bond acceptors (Lipinski definition) is 3. The van der Waals surface area contributed by atoms with Crippen molar-refractivity contribution in [3.8, 4) is 12.3 Å². The normalized spacial score (nSPS) is 29.2. The first-order valence-electron chi connectivity index (χ1n) is 4.75. The zero-order valence-corrected chi connectivity index (χ0v) is 8.53. The summed E-state index contributed by atoms with van der Waals surface area (Å²) in [5.41, 5.74) is 5.87. The smallest absolute Gasteiger partial charge is 0.0832 e. The van der Waals surface area contributed by atoms with Crippen LogP contribution >= 0.6 is 0 Å². The van der Waals surface area contributed by atoms with E-state index in [-0.39, 0.29) is 6.04 Å². The minimum absolute atomic E-state index is 0.148. The second kappa shape index (κ2) is 4.61. The number of rotatable bonds is 1. The molecule has 74 valence electrons. The first-order chi connectivity index (χ1) is 6.15. The van der Waals surface area contributed by atoms with Crippen LogP contribution in [0.1, 0.15) is 6.42 Å². The summed E-state index contributed by atoms with van der Waals surface area (Å²) in [6.45, 7) is 3.20. The van der Waals surface area contributed by atoms with Gasteiger partial charge in [0.2, 0.25) is 0 Å². The molecular weight excluding hydrogens is 162 g/mol. The van der Waals surface area contributed by atoms with Crippen molar-refractivity contribution in [2.24, 2.45) is 5.73 Å². The van der Waals surface area contributed by atoms with E-state index in [9.17, 15) is 0 Å². The second-order valence-electron chi connectivity index (χ2n) is 3.86. The van der Waals surface area contributed by atoms with E-state index in [2.05, 4.69) is 29.8 Å². The van der Waals surface area contributed by atoms with Gasteiger partial charge in [-0.25, -0.2) is 0 Å². The molecule has 1 heterocycles. The fourth-order valence-electron chi connectivity index (χ4n) is 1.80. The molecule has 0 spiro atoms. The van der Waals surface area contributed by atoms with Gasteiger partial charge in [0.15, 0.2) is 0 Å². The standard InChI is InChI=1S/C10H19N3/c1-4-9(11)10-8-12(2)6-5-7-13(10)3/h1,9-10H,5-8,11H2,2-3H3. The summed E-state index contributed by atoms with van der Waals surface area (Å²) < 4.78 is 0. The van der Waals surface area contributed by atoms with Gasteiger partial charge < -0.3 is 10.6 Å². The lowest BCUT2D eigenvalue weighted by Gasteiger charge is -2.29. The zero-order chi connectivity index (χ0) is 9.84. The van der Waals surface area contributed by atoms with Crippen molar-refractivity contribution >= 4 is 0 Å². The molecule has 0 aromatic heterocycles. The van der Waals surface area contributed by atoms with Gasteiger partial charge in [-0.1, -0.05) is 5.92 Å². The lowest BCUT2D eigenvalue weighted by molar-refractivity contribution is 0.214. The van der Waals surface area contributed by atoms with E-state index in [1.165, 1.54) is 6.42 Å². The van der Waals surface area contributed by atoms with Crippen molar-refractivity contribution in [3.05, 3.63) is 0 Å². The highest BCUT2D eigenvalue weighted by Crippen LogP contribution is 2.08. The Morgan fingerprint density at radius 2 is 2.15 bits per heavy atom. The summed E-state index contributed by atoms with van der Waals surface area (Å²) in [6, 6.07) is 0.156. The van der Waals surface area contributed by atoms with Gasteiger partial charge in [0.25, 0.3) is 0 Å². The van der Waals surface area contributed by atoms with E-state index in [4.69, 9.17) is 12.2 Å². The Morgan fingerprint density at radius 3 is 2.77 bits per heavy atom. The largest absolute Gasteiger partial charge is 0.316 e. The molecule has 3 heteroatoms. The Hall–Kier alpha value is -0.560. The highest BCUT2D eigenvalue weighted by Gasteiger charge is 2.24. The lowest BCUT2D eigenvalue weighted by atomic mass is 10.1. The number of nitrogens with zero attached hydrogens (tertiary/aromatic N) is 2. The minimum atomic E-state index is -0.148. The van der Waals surface area contributed by atoms with Gasteiger partial charge in [-0.15, -0.1) is 6.42 Å². The maximum absolute atomic E-state index is 5.87. The molecule has 1 fully saturated rings. The van der Waals surface area contributed by atoms with E-state index >= 15 is 0 Å². The predicted octanol–water partition coefficient (Wildman–Crippen LogP) is -0.417. The van der Waals surface area contributed by atoms with Crippen LogP contribution in [0.15, 0.2) is 0 Å². The van der Waals surface area contributed by atoms with E-state index in [0.717, 1.165) is 19.6 Å². The Labute approximate surface area is 80.9 Å². The Balaban J connectivity index is 2.62. The zero-order valence-electron chi connectivity index (χ0n) is 8.53. The lowest BCUT2D eigenvalue weighted by Crippen LogP contribution is -2.49. The minimum Gasteiger partial charge on any atom is -0.316 e. The van der Waals surface area contributed by atoms with Crippen LogP contribution in [0.4, 0.5) is 0 Å². The summed E-state index contributed by atoms with van der Waals surface area (Å²) in [7, 11) is 4.22. The van der Waals surface area contributed by atoms with E-state index in [1.54, 1.807) is 0 Å². The average Bonchev–Trinajstić information content (AvgIpc) is 2.27. The molecule has 0 saturated carbocycles. The molecule has 1 aliphatic rings. The van der Waals surface area contributed by atoms with E-state index < -0.39 is 0 Å². The highest BCUT2D eigenvalue weighted by atomic mass is 15.2. The molecule has 2 atom stereocenters. The molecule has 2 N–H and O–H groups in total. The average molecular weight is 181 g/mol. The summed E-state index contributed by atoms with van der Waals surface area (Å²) in [5.74, 6) is 2.62. The third-order valence-corrected chi connectivity index (χ3v) is 2.72. The van der Waals surface area contributed by atoms with Crippen LogP contribution in [0.2, 0.25) is 0 Å². The van der Waals surface area contributed by atoms with Crippen molar-refractivity contribution in [2.75, 3.05) is 33.7 Å². The van der Waals surface area contributed by atoms with Crippen molar-refractivity contribution in [1.29, 1.82) is 0 Å². The maximum Gasteiger partial charge on any atom is 0.0832 e. The van der Waals surface area contributed by atoms with E-state index in [0.29, 0.717) is 6.04 Å². The molecule has 1 rings (SSSR count). The Bertz CT molecular complexity index is 197. The topological polar surface area (TPSA) is 32.5 Å². The molecule has 0 aliphatic carbocycles. The first kappa shape index (κ1) is 10.5. The number of terminal acetylenes is 1. The predicted molar refractivity (Wildman–Crippen MR) is 55.3 cm³/mol.